The van der Waals surface area contributed by atoms with E-state index in [-0.39, 0.29) is 0 Å². The first-order valence-electron chi connectivity index (χ1n) is 8.78. The smallest absolute Gasteiger partial charge is 0.130 e. The number of benzene rings is 1. The van der Waals surface area contributed by atoms with Gasteiger partial charge >= 0.3 is 0 Å². The number of hydrogen-bond donors (Lipinski definition) is 1. The molecule has 0 aliphatic carbocycles. The molecule has 4 rings (SSSR count). The summed E-state index contributed by atoms with van der Waals surface area (Å²) in [7, 11) is 1.95. The second kappa shape index (κ2) is 7.51. The van der Waals surface area contributed by atoms with Crippen molar-refractivity contribution in [2.45, 2.75) is 25.5 Å². The van der Waals surface area contributed by atoms with Gasteiger partial charge in [-0.05, 0) is 43.3 Å². The standard InChI is InChI=1S/C19H22ClN5O/c1-24-10-14(9-21-24)11-25-7-6-15(12-25)19-8-17(22-23-19)13-26-18-4-2-16(20)3-5-18/h2-5,8-10,15H,6-7,11-13H2,1H3,(H,22,23)/t15-/m0/s1. The lowest BCUT2D eigenvalue weighted by atomic mass is 10.1. The summed E-state index contributed by atoms with van der Waals surface area (Å²) in [6.45, 7) is 3.53. The second-order valence-corrected chi connectivity index (χ2v) is 7.24. The van der Waals surface area contributed by atoms with Crippen LogP contribution in [0.4, 0.5) is 0 Å². The Morgan fingerprint density at radius 3 is 2.92 bits per heavy atom. The number of ether oxygens (including phenoxy) is 1. The lowest BCUT2D eigenvalue weighted by Crippen LogP contribution is -2.19. The fourth-order valence-electron chi connectivity index (χ4n) is 3.38. The SMILES string of the molecule is Cn1cc(CN2CC[C@H](c3cc(COc4ccc(Cl)cc4)[nH]n3)C2)cn1. The molecule has 6 nitrogen and oxygen atoms in total. The van der Waals surface area contributed by atoms with Gasteiger partial charge in [-0.25, -0.2) is 0 Å². The van der Waals surface area contributed by atoms with Crippen molar-refractivity contribution in [3.63, 3.8) is 0 Å². The van der Waals surface area contributed by atoms with Crippen LogP contribution in [0.5, 0.6) is 5.75 Å². The zero-order valence-corrected chi connectivity index (χ0v) is 15.5. The number of likely N-dealkylation sites (tertiary alicyclic amines) is 1. The van der Waals surface area contributed by atoms with Gasteiger partial charge < -0.3 is 4.74 Å². The molecule has 2 aromatic heterocycles. The Kier molecular flexibility index (Phi) is 4.95. The molecule has 136 valence electrons. The number of nitrogens with one attached hydrogen (secondary N) is 1. The highest BCUT2D eigenvalue weighted by Gasteiger charge is 2.26. The molecule has 0 bridgehead atoms. The van der Waals surface area contributed by atoms with Gasteiger partial charge in [-0.2, -0.15) is 10.2 Å². The molecule has 1 aliphatic heterocycles. The molecule has 3 aromatic rings. The monoisotopic (exact) mass is 371 g/mol. The molecule has 1 aromatic carbocycles. The molecular weight excluding hydrogens is 350 g/mol. The summed E-state index contributed by atoms with van der Waals surface area (Å²) in [4.78, 5) is 2.46. The van der Waals surface area contributed by atoms with Gasteiger partial charge in [0.2, 0.25) is 0 Å². The van der Waals surface area contributed by atoms with Gasteiger partial charge in [-0.15, -0.1) is 0 Å². The Balaban J connectivity index is 1.31. The van der Waals surface area contributed by atoms with Crippen LogP contribution in [0.15, 0.2) is 42.7 Å². The minimum atomic E-state index is 0.465. The van der Waals surface area contributed by atoms with Crippen LogP contribution in [0.25, 0.3) is 0 Å². The molecule has 1 aliphatic rings. The zero-order valence-electron chi connectivity index (χ0n) is 14.7. The minimum Gasteiger partial charge on any atom is -0.487 e. The van der Waals surface area contributed by atoms with Crippen LogP contribution in [0.3, 0.4) is 0 Å². The Morgan fingerprint density at radius 2 is 2.15 bits per heavy atom. The van der Waals surface area contributed by atoms with Gasteiger partial charge in [0.25, 0.3) is 0 Å². The molecule has 1 atom stereocenters. The van der Waals surface area contributed by atoms with Crippen LogP contribution in [0.2, 0.25) is 5.02 Å². The molecule has 1 N–H and O–H groups in total. The number of aromatic amines is 1. The molecule has 3 heterocycles. The maximum atomic E-state index is 5.89. The molecule has 0 spiro atoms. The van der Waals surface area contributed by atoms with E-state index in [1.165, 1.54) is 5.56 Å². The Morgan fingerprint density at radius 1 is 1.31 bits per heavy atom. The van der Waals surface area contributed by atoms with E-state index in [2.05, 4.69) is 32.5 Å². The van der Waals surface area contributed by atoms with Crippen LogP contribution in [0, 0.1) is 0 Å². The van der Waals surface area contributed by atoms with Gasteiger partial charge in [0.15, 0.2) is 0 Å². The molecule has 0 unspecified atom stereocenters. The average Bonchev–Trinajstić information content (AvgIpc) is 3.36. The van der Waals surface area contributed by atoms with Crippen molar-refractivity contribution in [2.75, 3.05) is 13.1 Å². The first kappa shape index (κ1) is 17.1. The maximum absolute atomic E-state index is 5.89. The van der Waals surface area contributed by atoms with Crippen LogP contribution in [-0.2, 0) is 20.2 Å². The summed E-state index contributed by atoms with van der Waals surface area (Å²) in [5, 5.41) is 12.5. The maximum Gasteiger partial charge on any atom is 0.130 e. The van der Waals surface area contributed by atoms with E-state index in [0.29, 0.717) is 17.5 Å². The summed E-state index contributed by atoms with van der Waals surface area (Å²) in [5.74, 6) is 1.27. The van der Waals surface area contributed by atoms with Crippen LogP contribution in [-0.4, -0.2) is 38.0 Å². The molecule has 26 heavy (non-hydrogen) atoms. The lowest BCUT2D eigenvalue weighted by molar-refractivity contribution is 0.301. The number of hydrogen-bond acceptors (Lipinski definition) is 4. The first-order chi connectivity index (χ1) is 12.7. The third-order valence-corrected chi connectivity index (χ3v) is 4.97. The van der Waals surface area contributed by atoms with Crippen molar-refractivity contribution in [2.24, 2.45) is 7.05 Å². The topological polar surface area (TPSA) is 59.0 Å². The number of aromatic nitrogens is 4. The van der Waals surface area contributed by atoms with Gasteiger partial charge in [0.05, 0.1) is 17.6 Å². The van der Waals surface area contributed by atoms with Gasteiger partial charge in [0, 0.05) is 42.8 Å². The van der Waals surface area contributed by atoms with Crippen molar-refractivity contribution in [3.8, 4) is 5.75 Å². The van der Waals surface area contributed by atoms with E-state index in [9.17, 15) is 0 Å². The van der Waals surface area contributed by atoms with E-state index in [0.717, 1.165) is 43.2 Å². The Bertz CT molecular complexity index is 857. The van der Waals surface area contributed by atoms with E-state index >= 15 is 0 Å². The highest BCUT2D eigenvalue weighted by Crippen LogP contribution is 2.27. The van der Waals surface area contributed by atoms with Crippen molar-refractivity contribution in [3.05, 3.63) is 64.7 Å². The quantitative estimate of drug-likeness (QED) is 0.721. The van der Waals surface area contributed by atoms with Gasteiger partial charge in [-0.1, -0.05) is 11.6 Å². The van der Waals surface area contributed by atoms with E-state index in [4.69, 9.17) is 16.3 Å². The summed E-state index contributed by atoms with van der Waals surface area (Å²) in [6, 6.07) is 9.50. The predicted octanol–water partition coefficient (Wildman–Crippen LogP) is 3.37. The molecule has 0 radical (unpaired) electrons. The molecule has 7 heteroatoms. The largest absolute Gasteiger partial charge is 0.487 e. The second-order valence-electron chi connectivity index (χ2n) is 6.80. The molecule has 1 fully saturated rings. The average molecular weight is 372 g/mol. The molecular formula is C19H22ClN5O. The van der Waals surface area contributed by atoms with E-state index < -0.39 is 0 Å². The number of halogens is 1. The van der Waals surface area contributed by atoms with Crippen LogP contribution < -0.4 is 4.74 Å². The Hall–Kier alpha value is -2.31. The van der Waals surface area contributed by atoms with Crippen molar-refractivity contribution >= 4 is 11.6 Å². The summed E-state index contributed by atoms with van der Waals surface area (Å²) >= 11 is 5.89. The van der Waals surface area contributed by atoms with Crippen LogP contribution in [0.1, 0.15) is 29.3 Å². The fraction of sp³-hybridized carbons (Fsp3) is 0.368. The van der Waals surface area contributed by atoms with Gasteiger partial charge in [-0.3, -0.25) is 14.7 Å². The fourth-order valence-corrected chi connectivity index (χ4v) is 3.51. The number of H-pyrrole nitrogens is 1. The van der Waals surface area contributed by atoms with E-state index in [1.54, 1.807) is 0 Å². The molecule has 0 saturated carbocycles. The zero-order chi connectivity index (χ0) is 17.9. The highest BCUT2D eigenvalue weighted by molar-refractivity contribution is 6.30. The molecule has 1 saturated heterocycles. The summed E-state index contributed by atoms with van der Waals surface area (Å²) in [6.07, 6.45) is 5.14. The van der Waals surface area contributed by atoms with Crippen molar-refractivity contribution in [1.29, 1.82) is 0 Å². The lowest BCUT2D eigenvalue weighted by Gasteiger charge is -2.13. The Labute approximate surface area is 157 Å². The van der Waals surface area contributed by atoms with Crippen molar-refractivity contribution in [1.82, 2.24) is 24.9 Å². The van der Waals surface area contributed by atoms with Gasteiger partial charge in [0.1, 0.15) is 12.4 Å². The van der Waals surface area contributed by atoms with Crippen LogP contribution >= 0.6 is 11.6 Å². The normalized spacial score (nSPS) is 17.7. The predicted molar refractivity (Wildman–Crippen MR) is 100 cm³/mol. The third-order valence-electron chi connectivity index (χ3n) is 4.71. The number of nitrogens with zero attached hydrogens (tertiary/aromatic N) is 4. The minimum absolute atomic E-state index is 0.465. The summed E-state index contributed by atoms with van der Waals surface area (Å²) < 4.78 is 7.63. The first-order valence-corrected chi connectivity index (χ1v) is 9.16. The number of rotatable bonds is 6. The van der Waals surface area contributed by atoms with E-state index in [1.807, 2.05) is 42.2 Å². The number of aryl methyl sites for hydroxylation is 1. The highest BCUT2D eigenvalue weighted by atomic mass is 35.5. The summed E-state index contributed by atoms with van der Waals surface area (Å²) in [5.41, 5.74) is 3.36. The third kappa shape index (κ3) is 4.08. The van der Waals surface area contributed by atoms with Crippen molar-refractivity contribution < 1.29 is 4.74 Å². The molecule has 0 amide bonds.